The second-order valence-electron chi connectivity index (χ2n) is 4.87. The first kappa shape index (κ1) is 19.7. The summed E-state index contributed by atoms with van der Waals surface area (Å²) in [6.45, 7) is 0. The van der Waals surface area contributed by atoms with Crippen LogP contribution in [0.25, 0.3) is 0 Å². The van der Waals surface area contributed by atoms with Crippen molar-refractivity contribution in [2.45, 2.75) is 12.6 Å². The van der Waals surface area contributed by atoms with E-state index in [1.807, 2.05) is 0 Å². The molecule has 2 rings (SSSR count). The van der Waals surface area contributed by atoms with Gasteiger partial charge in [0, 0.05) is 0 Å². The minimum Gasteiger partial charge on any atom is -0.448 e. The molecule has 0 bridgehead atoms. The van der Waals surface area contributed by atoms with Crippen molar-refractivity contribution in [3.63, 3.8) is 0 Å². The van der Waals surface area contributed by atoms with Crippen LogP contribution in [0.15, 0.2) is 34.8 Å². The molecule has 0 saturated heterocycles. The molecule has 136 valence electrons. The molecule has 0 unspecified atom stereocenters. The smallest absolute Gasteiger partial charge is 0.416 e. The van der Waals surface area contributed by atoms with Gasteiger partial charge in [0.05, 0.1) is 21.8 Å². The van der Waals surface area contributed by atoms with E-state index in [1.165, 1.54) is 18.2 Å². The summed E-state index contributed by atoms with van der Waals surface area (Å²) in [4.78, 5) is 11.5. The van der Waals surface area contributed by atoms with Gasteiger partial charge in [-0.1, -0.05) is 6.07 Å². The highest BCUT2D eigenvalue weighted by Crippen LogP contribution is 2.40. The number of nitrogens with zero attached hydrogens (tertiary/aromatic N) is 1. The number of anilines is 1. The fraction of sp³-hybridized carbons (Fsp3) is 0.125. The lowest BCUT2D eigenvalue weighted by Gasteiger charge is -2.15. The first-order valence-corrected chi connectivity index (χ1v) is 7.62. The highest BCUT2D eigenvalue weighted by molar-refractivity contribution is 9.10. The maximum Gasteiger partial charge on any atom is 0.416 e. The van der Waals surface area contributed by atoms with Crippen molar-refractivity contribution in [3.05, 3.63) is 52.0 Å². The van der Waals surface area contributed by atoms with Crippen LogP contribution in [-0.4, -0.2) is 5.91 Å². The topological polar surface area (TPSA) is 62.1 Å². The molecule has 10 heteroatoms. The number of ether oxygens (including phenoxy) is 1. The molecule has 0 atom stereocenters. The number of amides is 1. The van der Waals surface area contributed by atoms with Crippen LogP contribution in [-0.2, 0) is 11.0 Å². The van der Waals surface area contributed by atoms with Crippen molar-refractivity contribution in [2.24, 2.45) is 0 Å². The fourth-order valence-corrected chi connectivity index (χ4v) is 2.35. The Kier molecular flexibility index (Phi) is 5.82. The molecule has 1 N–H and O–H groups in total. The molecule has 0 heterocycles. The van der Waals surface area contributed by atoms with Crippen molar-refractivity contribution >= 4 is 27.5 Å². The highest BCUT2D eigenvalue weighted by atomic mass is 79.9. The summed E-state index contributed by atoms with van der Waals surface area (Å²) in [6.07, 6.45) is -5.40. The number of alkyl halides is 3. The Hall–Kier alpha value is -2.67. The summed E-state index contributed by atoms with van der Waals surface area (Å²) >= 11 is 3.06. The van der Waals surface area contributed by atoms with E-state index in [2.05, 4.69) is 21.2 Å². The molecule has 0 aliphatic heterocycles. The van der Waals surface area contributed by atoms with Gasteiger partial charge in [-0.25, -0.2) is 8.78 Å². The molecule has 0 spiro atoms. The third-order valence-electron chi connectivity index (χ3n) is 3.01. The molecule has 4 nitrogen and oxygen atoms in total. The van der Waals surface area contributed by atoms with Crippen LogP contribution in [0, 0.1) is 23.0 Å². The Bertz CT molecular complexity index is 870. The second-order valence-corrected chi connectivity index (χ2v) is 5.72. The van der Waals surface area contributed by atoms with Gasteiger partial charge < -0.3 is 10.1 Å². The van der Waals surface area contributed by atoms with Gasteiger partial charge in [0.2, 0.25) is 5.91 Å². The zero-order valence-electron chi connectivity index (χ0n) is 12.6. The highest BCUT2D eigenvalue weighted by Gasteiger charge is 2.33. The first-order chi connectivity index (χ1) is 12.1. The number of benzene rings is 2. The van der Waals surface area contributed by atoms with Crippen LogP contribution in [0.2, 0.25) is 0 Å². The molecular weight excluding hydrogens is 427 g/mol. The number of hydrogen-bond acceptors (Lipinski definition) is 3. The van der Waals surface area contributed by atoms with Gasteiger partial charge in [-0.2, -0.15) is 18.4 Å². The molecule has 0 aromatic heterocycles. The number of rotatable bonds is 4. The maximum absolute atomic E-state index is 14.0. The maximum atomic E-state index is 14.0. The lowest BCUT2D eigenvalue weighted by atomic mass is 10.2. The van der Waals surface area contributed by atoms with Crippen LogP contribution in [0.4, 0.5) is 27.6 Å². The number of hydrogen-bond donors (Lipinski definition) is 1. The largest absolute Gasteiger partial charge is 0.448 e. The van der Waals surface area contributed by atoms with E-state index in [-0.39, 0.29) is 28.0 Å². The molecule has 0 aliphatic carbocycles. The minimum atomic E-state index is -4.93. The summed E-state index contributed by atoms with van der Waals surface area (Å²) in [6, 6.07) is 6.04. The fourth-order valence-electron chi connectivity index (χ4n) is 1.90. The quantitative estimate of drug-likeness (QED) is 0.656. The predicted molar refractivity (Wildman–Crippen MR) is 84.4 cm³/mol. The average molecular weight is 435 g/mol. The first-order valence-electron chi connectivity index (χ1n) is 6.83. The standard InChI is InChI=1S/C16H8BrF5N2O2/c17-9-2-1-3-12(24-13(25)4-5-23)14(9)26-15-10(18)6-8(7-11(15)19)16(20,21)22/h1-3,6-7H,4H2,(H,24,25). The molecule has 1 amide bonds. The lowest BCUT2D eigenvalue weighted by Crippen LogP contribution is -2.11. The summed E-state index contributed by atoms with van der Waals surface area (Å²) in [5.74, 6) is -5.15. The molecule has 26 heavy (non-hydrogen) atoms. The molecule has 0 radical (unpaired) electrons. The van der Waals surface area contributed by atoms with E-state index < -0.39 is 41.5 Å². The molecule has 0 aliphatic rings. The van der Waals surface area contributed by atoms with Gasteiger partial charge in [-0.3, -0.25) is 4.79 Å². The zero-order valence-corrected chi connectivity index (χ0v) is 14.2. The van der Waals surface area contributed by atoms with Crippen molar-refractivity contribution in [3.8, 4) is 17.6 Å². The molecular formula is C16H8BrF5N2O2. The molecule has 2 aromatic rings. The van der Waals surface area contributed by atoms with Crippen molar-refractivity contribution in [2.75, 3.05) is 5.32 Å². The zero-order chi connectivity index (χ0) is 19.5. The number of nitriles is 1. The predicted octanol–water partition coefficient (Wildman–Crippen LogP) is 5.39. The average Bonchev–Trinajstić information content (AvgIpc) is 2.52. The van der Waals surface area contributed by atoms with Crippen LogP contribution < -0.4 is 10.1 Å². The van der Waals surface area contributed by atoms with Gasteiger partial charge in [-0.05, 0) is 40.2 Å². The van der Waals surface area contributed by atoms with Gasteiger partial charge in [0.25, 0.3) is 0 Å². The van der Waals surface area contributed by atoms with Crippen LogP contribution in [0.5, 0.6) is 11.5 Å². The Labute approximate surface area is 152 Å². The number of carbonyl (C=O) groups is 1. The van der Waals surface area contributed by atoms with Crippen LogP contribution >= 0.6 is 15.9 Å². The Balaban J connectivity index is 2.43. The second kappa shape index (κ2) is 7.70. The third kappa shape index (κ3) is 4.49. The monoisotopic (exact) mass is 434 g/mol. The summed E-state index contributed by atoms with van der Waals surface area (Å²) < 4.78 is 71.0. The minimum absolute atomic E-state index is 0.0293. The third-order valence-corrected chi connectivity index (χ3v) is 3.63. The van der Waals surface area contributed by atoms with Crippen LogP contribution in [0.3, 0.4) is 0 Å². The SMILES string of the molecule is N#CCC(=O)Nc1cccc(Br)c1Oc1c(F)cc(C(F)(F)F)cc1F. The van der Waals surface area contributed by atoms with E-state index in [0.717, 1.165) is 0 Å². The Morgan fingerprint density at radius 2 is 1.81 bits per heavy atom. The van der Waals surface area contributed by atoms with E-state index >= 15 is 0 Å². The van der Waals surface area contributed by atoms with E-state index in [0.29, 0.717) is 0 Å². The Morgan fingerprint density at radius 1 is 1.19 bits per heavy atom. The van der Waals surface area contributed by atoms with Gasteiger partial charge in [0.15, 0.2) is 23.1 Å². The van der Waals surface area contributed by atoms with Crippen molar-refractivity contribution in [1.82, 2.24) is 0 Å². The molecule has 0 fully saturated rings. The van der Waals surface area contributed by atoms with Crippen molar-refractivity contribution < 1.29 is 31.5 Å². The van der Waals surface area contributed by atoms with Crippen LogP contribution in [0.1, 0.15) is 12.0 Å². The van der Waals surface area contributed by atoms with E-state index in [1.54, 1.807) is 6.07 Å². The number of halogens is 6. The molecule has 0 saturated carbocycles. The lowest BCUT2D eigenvalue weighted by molar-refractivity contribution is -0.138. The summed E-state index contributed by atoms with van der Waals surface area (Å²) in [7, 11) is 0. The summed E-state index contributed by atoms with van der Waals surface area (Å²) in [5.41, 5.74) is -1.53. The van der Waals surface area contributed by atoms with Gasteiger partial charge >= 0.3 is 6.18 Å². The van der Waals surface area contributed by atoms with Gasteiger partial charge in [0.1, 0.15) is 6.42 Å². The Morgan fingerprint density at radius 3 is 2.35 bits per heavy atom. The van der Waals surface area contributed by atoms with Gasteiger partial charge in [-0.15, -0.1) is 0 Å². The summed E-state index contributed by atoms with van der Waals surface area (Å²) in [5, 5.41) is 10.8. The molecule has 2 aromatic carbocycles. The number of carbonyl (C=O) groups excluding carboxylic acids is 1. The number of nitrogens with one attached hydrogen (secondary N) is 1. The van der Waals surface area contributed by atoms with E-state index in [9.17, 15) is 26.7 Å². The van der Waals surface area contributed by atoms with E-state index in [4.69, 9.17) is 10.00 Å². The number of para-hydroxylation sites is 1. The normalized spacial score (nSPS) is 11.0. The van der Waals surface area contributed by atoms with Crippen molar-refractivity contribution in [1.29, 1.82) is 5.26 Å².